The Morgan fingerprint density at radius 1 is 0.929 bits per heavy atom. The van der Waals surface area contributed by atoms with Crippen LogP contribution in [0.25, 0.3) is 0 Å². The van der Waals surface area contributed by atoms with Gasteiger partial charge in [-0.25, -0.2) is 0 Å². The van der Waals surface area contributed by atoms with E-state index in [9.17, 15) is 9.59 Å². The molecule has 1 aliphatic rings. The largest absolute Gasteiger partial charge is 0.346 e. The minimum absolute atomic E-state index is 0.0442. The molecule has 28 heavy (non-hydrogen) atoms. The van der Waals surface area contributed by atoms with E-state index in [0.717, 1.165) is 31.7 Å². The fourth-order valence-corrected chi connectivity index (χ4v) is 3.36. The average Bonchev–Trinajstić information content (AvgIpc) is 2.71. The van der Waals surface area contributed by atoms with Crippen molar-refractivity contribution >= 4 is 17.5 Å². The van der Waals surface area contributed by atoms with E-state index in [1.54, 1.807) is 12.1 Å². The predicted octanol–water partition coefficient (Wildman–Crippen LogP) is 2.04. The molecule has 0 aliphatic carbocycles. The Bertz CT molecular complexity index is 784. The quantitative estimate of drug-likeness (QED) is 0.779. The molecule has 6 heteroatoms. The van der Waals surface area contributed by atoms with Gasteiger partial charge in [0.05, 0.1) is 6.04 Å². The number of carbonyl (C=O) groups is 2. The number of para-hydroxylation sites is 1. The number of likely N-dealkylation sites (N-methyl/N-ethyl adjacent to an activating group) is 1. The summed E-state index contributed by atoms with van der Waals surface area (Å²) in [6.45, 7) is 6.30. The number of nitrogens with zero attached hydrogens (tertiary/aromatic N) is 2. The lowest BCUT2D eigenvalue weighted by Crippen LogP contribution is -2.49. The Kier molecular flexibility index (Phi) is 6.79. The molecule has 1 saturated heterocycles. The number of anilines is 1. The van der Waals surface area contributed by atoms with E-state index in [0.29, 0.717) is 12.2 Å². The maximum absolute atomic E-state index is 12.3. The summed E-state index contributed by atoms with van der Waals surface area (Å²) >= 11 is 0. The van der Waals surface area contributed by atoms with Crippen LogP contribution >= 0.6 is 0 Å². The summed E-state index contributed by atoms with van der Waals surface area (Å²) in [6, 6.07) is 17.4. The van der Waals surface area contributed by atoms with Gasteiger partial charge in [0.2, 0.25) is 0 Å². The van der Waals surface area contributed by atoms with Crippen LogP contribution in [0.4, 0.5) is 5.69 Å². The van der Waals surface area contributed by atoms with E-state index in [2.05, 4.69) is 58.7 Å². The van der Waals surface area contributed by atoms with Crippen molar-refractivity contribution in [2.75, 3.05) is 45.1 Å². The smallest absolute Gasteiger partial charge is 0.313 e. The number of piperazine rings is 1. The third-order valence-corrected chi connectivity index (χ3v) is 5.13. The van der Waals surface area contributed by atoms with Gasteiger partial charge in [-0.2, -0.15) is 0 Å². The van der Waals surface area contributed by atoms with Gasteiger partial charge in [0.15, 0.2) is 0 Å². The van der Waals surface area contributed by atoms with Crippen molar-refractivity contribution in [3.05, 3.63) is 65.7 Å². The Hall–Kier alpha value is -2.70. The predicted molar refractivity (Wildman–Crippen MR) is 111 cm³/mol. The van der Waals surface area contributed by atoms with Crippen LogP contribution < -0.4 is 10.6 Å². The van der Waals surface area contributed by atoms with Gasteiger partial charge < -0.3 is 15.5 Å². The first-order valence-electron chi connectivity index (χ1n) is 9.66. The van der Waals surface area contributed by atoms with Crippen molar-refractivity contribution in [1.29, 1.82) is 0 Å². The van der Waals surface area contributed by atoms with Gasteiger partial charge in [-0.05, 0) is 31.7 Å². The number of rotatable bonds is 5. The third-order valence-electron chi connectivity index (χ3n) is 5.13. The Morgan fingerprint density at radius 3 is 2.21 bits per heavy atom. The van der Waals surface area contributed by atoms with Crippen LogP contribution in [0.1, 0.15) is 17.2 Å². The molecule has 6 nitrogen and oxygen atoms in total. The average molecular weight is 380 g/mol. The molecule has 2 aromatic rings. The molecule has 0 bridgehead atoms. The molecule has 148 valence electrons. The fraction of sp³-hybridized carbons (Fsp3) is 0.364. The highest BCUT2D eigenvalue weighted by atomic mass is 16.2. The molecule has 0 aromatic heterocycles. The molecule has 2 N–H and O–H groups in total. The number of nitrogens with one attached hydrogen (secondary N) is 2. The second-order valence-corrected chi connectivity index (χ2v) is 7.30. The van der Waals surface area contributed by atoms with Crippen molar-refractivity contribution in [1.82, 2.24) is 15.1 Å². The van der Waals surface area contributed by atoms with Crippen LogP contribution in [0.15, 0.2) is 54.6 Å². The molecule has 0 unspecified atom stereocenters. The van der Waals surface area contributed by atoms with Crippen molar-refractivity contribution < 1.29 is 9.59 Å². The highest BCUT2D eigenvalue weighted by Crippen LogP contribution is 2.22. The number of hydrogen-bond donors (Lipinski definition) is 2. The Balaban J connectivity index is 1.64. The Morgan fingerprint density at radius 2 is 1.57 bits per heavy atom. The van der Waals surface area contributed by atoms with Crippen LogP contribution in [-0.2, 0) is 9.59 Å². The second-order valence-electron chi connectivity index (χ2n) is 7.30. The molecule has 1 aliphatic heterocycles. The van der Waals surface area contributed by atoms with Crippen LogP contribution in [0.2, 0.25) is 0 Å². The van der Waals surface area contributed by atoms with Crippen LogP contribution in [0, 0.1) is 6.92 Å². The molecule has 2 aromatic carbocycles. The van der Waals surface area contributed by atoms with Crippen LogP contribution in [-0.4, -0.2) is 61.4 Å². The molecular formula is C22H28N4O2. The monoisotopic (exact) mass is 380 g/mol. The van der Waals surface area contributed by atoms with E-state index in [4.69, 9.17) is 0 Å². The van der Waals surface area contributed by atoms with E-state index >= 15 is 0 Å². The third kappa shape index (κ3) is 5.41. The number of carbonyl (C=O) groups excluding carboxylic acids is 2. The first-order valence-corrected chi connectivity index (χ1v) is 9.66. The summed E-state index contributed by atoms with van der Waals surface area (Å²) in [5, 5.41) is 5.44. The number of amides is 2. The number of hydrogen-bond acceptors (Lipinski definition) is 4. The van der Waals surface area contributed by atoms with Gasteiger partial charge in [-0.15, -0.1) is 0 Å². The number of benzene rings is 2. The summed E-state index contributed by atoms with van der Waals surface area (Å²) in [4.78, 5) is 29.2. The van der Waals surface area contributed by atoms with Gasteiger partial charge >= 0.3 is 11.8 Å². The standard InChI is InChI=1S/C22H28N4O2/c1-17-8-10-18(11-9-17)20(26-14-12-25(2)13-15-26)16-23-21(27)22(28)24-19-6-4-3-5-7-19/h3-11,20H,12-16H2,1-2H3,(H,23,27)(H,24,28)/t20-/m0/s1. The highest BCUT2D eigenvalue weighted by molar-refractivity contribution is 6.39. The van der Waals surface area contributed by atoms with Crippen molar-refractivity contribution in [3.63, 3.8) is 0 Å². The lowest BCUT2D eigenvalue weighted by molar-refractivity contribution is -0.136. The summed E-state index contributed by atoms with van der Waals surface area (Å²) < 4.78 is 0. The minimum Gasteiger partial charge on any atom is -0.346 e. The summed E-state index contributed by atoms with van der Waals surface area (Å²) in [5.41, 5.74) is 2.96. The maximum Gasteiger partial charge on any atom is 0.313 e. The van der Waals surface area contributed by atoms with Crippen molar-refractivity contribution in [2.24, 2.45) is 0 Å². The van der Waals surface area contributed by atoms with Gasteiger partial charge in [-0.3, -0.25) is 14.5 Å². The fourth-order valence-electron chi connectivity index (χ4n) is 3.36. The van der Waals surface area contributed by atoms with Gasteiger partial charge in [0.1, 0.15) is 0 Å². The lowest BCUT2D eigenvalue weighted by Gasteiger charge is -2.38. The van der Waals surface area contributed by atoms with Gasteiger partial charge in [-0.1, -0.05) is 48.0 Å². The molecule has 1 atom stereocenters. The van der Waals surface area contributed by atoms with E-state index in [1.165, 1.54) is 5.56 Å². The molecule has 1 heterocycles. The van der Waals surface area contributed by atoms with Crippen LogP contribution in [0.5, 0.6) is 0 Å². The Labute approximate surface area is 166 Å². The van der Waals surface area contributed by atoms with E-state index in [-0.39, 0.29) is 6.04 Å². The molecule has 3 rings (SSSR count). The maximum atomic E-state index is 12.3. The topological polar surface area (TPSA) is 64.7 Å². The summed E-state index contributed by atoms with van der Waals surface area (Å²) in [6.07, 6.45) is 0. The summed E-state index contributed by atoms with van der Waals surface area (Å²) in [7, 11) is 2.12. The SMILES string of the molecule is Cc1ccc([C@H](CNC(=O)C(=O)Nc2ccccc2)N2CCN(C)CC2)cc1. The molecule has 2 amide bonds. The molecule has 1 fully saturated rings. The zero-order chi connectivity index (χ0) is 19.9. The number of aryl methyl sites for hydroxylation is 1. The lowest BCUT2D eigenvalue weighted by atomic mass is 10.0. The minimum atomic E-state index is -0.646. The molecule has 0 spiro atoms. The molecule has 0 saturated carbocycles. The highest BCUT2D eigenvalue weighted by Gasteiger charge is 2.25. The van der Waals surface area contributed by atoms with Gasteiger partial charge in [0, 0.05) is 38.4 Å². The first-order chi connectivity index (χ1) is 13.5. The normalized spacial score (nSPS) is 16.4. The molecular weight excluding hydrogens is 352 g/mol. The zero-order valence-electron chi connectivity index (χ0n) is 16.5. The van der Waals surface area contributed by atoms with Crippen LogP contribution in [0.3, 0.4) is 0 Å². The molecule has 0 radical (unpaired) electrons. The van der Waals surface area contributed by atoms with E-state index in [1.807, 2.05) is 18.2 Å². The van der Waals surface area contributed by atoms with Crippen molar-refractivity contribution in [3.8, 4) is 0 Å². The van der Waals surface area contributed by atoms with Crippen molar-refractivity contribution in [2.45, 2.75) is 13.0 Å². The van der Waals surface area contributed by atoms with Gasteiger partial charge in [0.25, 0.3) is 0 Å². The second kappa shape index (κ2) is 9.48. The first kappa shape index (κ1) is 20.0. The summed E-state index contributed by atoms with van der Waals surface area (Å²) in [5.74, 6) is -1.26. The zero-order valence-corrected chi connectivity index (χ0v) is 16.5. The van der Waals surface area contributed by atoms with E-state index < -0.39 is 11.8 Å².